The van der Waals surface area contributed by atoms with Gasteiger partial charge in [0.2, 0.25) is 0 Å². The maximum absolute atomic E-state index is 12.5. The molecule has 0 unspecified atom stereocenters. The molecule has 1 rings (SSSR count). The maximum atomic E-state index is 12.5. The number of nitrogens with zero attached hydrogens (tertiary/aromatic N) is 1. The molecule has 0 fully saturated rings. The molecule has 0 aliphatic heterocycles. The van der Waals surface area contributed by atoms with Crippen LogP contribution in [-0.2, 0) is 0 Å². The van der Waals surface area contributed by atoms with Crippen LogP contribution >= 0.6 is 22.6 Å². The van der Waals surface area contributed by atoms with Crippen molar-refractivity contribution < 1.29 is 18.3 Å². The molecule has 82 valence electrons. The van der Waals surface area contributed by atoms with E-state index in [1.54, 1.807) is 22.6 Å². The van der Waals surface area contributed by atoms with Crippen molar-refractivity contribution in [3.05, 3.63) is 21.0 Å². The standard InChI is InChI=1S/C8H7F2IN2O2/c1-15-4-2-3(8(12)14)5(6(9)10)13-7(4)11/h2,6H,1H3,(H2,12,14). The summed E-state index contributed by atoms with van der Waals surface area (Å²) in [5.41, 5.74) is 4.02. The van der Waals surface area contributed by atoms with Crippen LogP contribution in [0, 0.1) is 3.70 Å². The number of methoxy groups -OCH3 is 1. The van der Waals surface area contributed by atoms with Crippen molar-refractivity contribution in [2.45, 2.75) is 6.43 Å². The van der Waals surface area contributed by atoms with E-state index < -0.39 is 18.0 Å². The minimum atomic E-state index is -2.84. The molecule has 0 saturated carbocycles. The van der Waals surface area contributed by atoms with Crippen LogP contribution in [0.15, 0.2) is 6.07 Å². The van der Waals surface area contributed by atoms with Crippen molar-refractivity contribution >= 4 is 28.5 Å². The first-order chi connectivity index (χ1) is 6.97. The highest BCUT2D eigenvalue weighted by Gasteiger charge is 2.21. The fraction of sp³-hybridized carbons (Fsp3) is 0.250. The second-order valence-corrected chi connectivity index (χ2v) is 3.60. The zero-order valence-corrected chi connectivity index (χ0v) is 9.79. The van der Waals surface area contributed by atoms with Gasteiger partial charge in [0, 0.05) is 0 Å². The third kappa shape index (κ3) is 2.52. The molecule has 1 aromatic heterocycles. The molecule has 2 N–H and O–H groups in total. The Morgan fingerprint density at radius 1 is 1.67 bits per heavy atom. The molecule has 0 bridgehead atoms. The highest BCUT2D eigenvalue weighted by atomic mass is 127. The van der Waals surface area contributed by atoms with Crippen LogP contribution in [0.5, 0.6) is 5.75 Å². The van der Waals surface area contributed by atoms with E-state index in [1.807, 2.05) is 0 Å². The Kier molecular flexibility index (Phi) is 3.77. The van der Waals surface area contributed by atoms with Gasteiger partial charge in [0.05, 0.1) is 12.7 Å². The smallest absolute Gasteiger partial charge is 0.281 e. The quantitative estimate of drug-likeness (QED) is 0.679. The first-order valence-corrected chi connectivity index (χ1v) is 4.87. The normalized spacial score (nSPS) is 10.5. The molecule has 0 atom stereocenters. The Morgan fingerprint density at radius 2 is 2.27 bits per heavy atom. The van der Waals surface area contributed by atoms with E-state index in [-0.39, 0.29) is 15.0 Å². The lowest BCUT2D eigenvalue weighted by Gasteiger charge is -2.08. The summed E-state index contributed by atoms with van der Waals surface area (Å²) >= 11 is 1.74. The molecule has 4 nitrogen and oxygen atoms in total. The van der Waals surface area contributed by atoms with Crippen molar-refractivity contribution in [2.75, 3.05) is 7.11 Å². The van der Waals surface area contributed by atoms with Crippen LogP contribution in [0.25, 0.3) is 0 Å². The summed E-state index contributed by atoms with van der Waals surface area (Å²) in [4.78, 5) is 14.5. The number of ether oxygens (including phenoxy) is 1. The minimum Gasteiger partial charge on any atom is -0.494 e. The first-order valence-electron chi connectivity index (χ1n) is 3.79. The summed E-state index contributed by atoms with van der Waals surface area (Å²) in [5.74, 6) is -0.707. The SMILES string of the molecule is COc1cc(C(N)=O)c(C(F)F)nc1I. The Morgan fingerprint density at radius 3 is 2.67 bits per heavy atom. The monoisotopic (exact) mass is 328 g/mol. The molecule has 0 aliphatic carbocycles. The predicted molar refractivity (Wildman–Crippen MR) is 57.0 cm³/mol. The summed E-state index contributed by atoms with van der Waals surface area (Å²) in [6, 6.07) is 1.17. The Bertz CT molecular complexity index is 398. The number of primary amides is 1. The number of alkyl halides is 2. The Balaban J connectivity index is 3.39. The summed E-state index contributed by atoms with van der Waals surface area (Å²) in [7, 11) is 1.35. The van der Waals surface area contributed by atoms with Gasteiger partial charge in [-0.2, -0.15) is 0 Å². The van der Waals surface area contributed by atoms with E-state index in [1.165, 1.54) is 13.2 Å². The number of hydrogen-bond donors (Lipinski definition) is 1. The summed E-state index contributed by atoms with van der Waals surface area (Å²) in [5, 5.41) is 0. The van der Waals surface area contributed by atoms with E-state index in [9.17, 15) is 13.6 Å². The Labute approximate surface area is 98.0 Å². The van der Waals surface area contributed by atoms with Crippen LogP contribution in [0.1, 0.15) is 22.5 Å². The number of aromatic nitrogens is 1. The zero-order chi connectivity index (χ0) is 11.6. The lowest BCUT2D eigenvalue weighted by molar-refractivity contribution is 0.0982. The van der Waals surface area contributed by atoms with Crippen molar-refractivity contribution in [3.63, 3.8) is 0 Å². The zero-order valence-electron chi connectivity index (χ0n) is 7.63. The van der Waals surface area contributed by atoms with Gasteiger partial charge in [-0.3, -0.25) is 4.79 Å². The molecule has 1 amide bonds. The van der Waals surface area contributed by atoms with Gasteiger partial charge in [0.15, 0.2) is 5.75 Å². The molecular formula is C8H7F2IN2O2. The average molecular weight is 328 g/mol. The summed E-state index contributed by atoms with van der Waals surface area (Å²) in [6.07, 6.45) is -2.84. The largest absolute Gasteiger partial charge is 0.494 e. The molecule has 15 heavy (non-hydrogen) atoms. The average Bonchev–Trinajstić information content (AvgIpc) is 2.16. The van der Waals surface area contributed by atoms with Crippen LogP contribution < -0.4 is 10.5 Å². The molecule has 0 spiro atoms. The highest BCUT2D eigenvalue weighted by molar-refractivity contribution is 14.1. The summed E-state index contributed by atoms with van der Waals surface area (Å²) < 4.78 is 30.1. The highest BCUT2D eigenvalue weighted by Crippen LogP contribution is 2.27. The molecule has 0 aliphatic rings. The van der Waals surface area contributed by atoms with Crippen molar-refractivity contribution in [1.29, 1.82) is 0 Å². The van der Waals surface area contributed by atoms with Gasteiger partial charge in [0.25, 0.3) is 12.3 Å². The minimum absolute atomic E-state index is 0.244. The molecule has 7 heteroatoms. The number of carbonyl (C=O) groups is 1. The van der Waals surface area contributed by atoms with Crippen LogP contribution in [0.2, 0.25) is 0 Å². The van der Waals surface area contributed by atoms with Crippen LogP contribution in [0.4, 0.5) is 8.78 Å². The number of halogens is 3. The van der Waals surface area contributed by atoms with Gasteiger partial charge < -0.3 is 10.5 Å². The fourth-order valence-corrected chi connectivity index (χ4v) is 1.63. The van der Waals surface area contributed by atoms with Gasteiger partial charge in [0.1, 0.15) is 9.39 Å². The van der Waals surface area contributed by atoms with E-state index in [0.29, 0.717) is 0 Å². The second kappa shape index (κ2) is 4.69. The molecule has 1 heterocycles. The van der Waals surface area contributed by atoms with E-state index in [2.05, 4.69) is 4.98 Å². The molecule has 0 aromatic carbocycles. The lowest BCUT2D eigenvalue weighted by atomic mass is 10.2. The number of amides is 1. The fourth-order valence-electron chi connectivity index (χ4n) is 0.993. The van der Waals surface area contributed by atoms with Gasteiger partial charge in [-0.25, -0.2) is 13.8 Å². The predicted octanol–water partition coefficient (Wildman–Crippen LogP) is 1.73. The van der Waals surface area contributed by atoms with Crippen LogP contribution in [-0.4, -0.2) is 18.0 Å². The number of rotatable bonds is 3. The van der Waals surface area contributed by atoms with Gasteiger partial charge in [-0.1, -0.05) is 0 Å². The number of pyridine rings is 1. The third-order valence-electron chi connectivity index (χ3n) is 1.67. The van der Waals surface area contributed by atoms with Crippen molar-refractivity contribution in [3.8, 4) is 5.75 Å². The molecular weight excluding hydrogens is 321 g/mol. The second-order valence-electron chi connectivity index (χ2n) is 2.58. The first kappa shape index (κ1) is 12.1. The van der Waals surface area contributed by atoms with Gasteiger partial charge in [-0.05, 0) is 28.7 Å². The summed E-state index contributed by atoms with van der Waals surface area (Å²) in [6.45, 7) is 0. The number of hydrogen-bond acceptors (Lipinski definition) is 3. The third-order valence-corrected chi connectivity index (χ3v) is 2.44. The number of nitrogens with two attached hydrogens (primary N) is 1. The maximum Gasteiger partial charge on any atom is 0.281 e. The molecule has 0 saturated heterocycles. The van der Waals surface area contributed by atoms with Gasteiger partial charge >= 0.3 is 0 Å². The number of carbonyl (C=O) groups excluding carboxylic acids is 1. The topological polar surface area (TPSA) is 65.2 Å². The lowest BCUT2D eigenvalue weighted by Crippen LogP contribution is -2.16. The van der Waals surface area contributed by atoms with Gasteiger partial charge in [-0.15, -0.1) is 0 Å². The van der Waals surface area contributed by atoms with E-state index >= 15 is 0 Å². The van der Waals surface area contributed by atoms with Crippen molar-refractivity contribution in [2.24, 2.45) is 5.73 Å². The Hall–Kier alpha value is -0.990. The van der Waals surface area contributed by atoms with Crippen LogP contribution in [0.3, 0.4) is 0 Å². The van der Waals surface area contributed by atoms with E-state index in [4.69, 9.17) is 10.5 Å². The molecule has 1 aromatic rings. The molecule has 0 radical (unpaired) electrons. The van der Waals surface area contributed by atoms with E-state index in [0.717, 1.165) is 0 Å². The van der Waals surface area contributed by atoms with Crippen molar-refractivity contribution in [1.82, 2.24) is 4.98 Å².